The van der Waals surface area contributed by atoms with Gasteiger partial charge >= 0.3 is 12.1 Å². The lowest BCUT2D eigenvalue weighted by Gasteiger charge is -2.31. The number of carbonyl (C=O) groups excluding carboxylic acids is 2. The molecule has 0 atom stereocenters. The summed E-state index contributed by atoms with van der Waals surface area (Å²) in [6, 6.07) is 7.40. The molecule has 7 heteroatoms. The third-order valence-corrected chi connectivity index (χ3v) is 3.97. The van der Waals surface area contributed by atoms with Crippen molar-refractivity contribution in [3.8, 4) is 0 Å². The number of hydrogen-bond donors (Lipinski definition) is 4. The van der Waals surface area contributed by atoms with Crippen molar-refractivity contribution in [2.75, 3.05) is 10.6 Å². The fourth-order valence-electron chi connectivity index (χ4n) is 2.88. The second-order valence-electron chi connectivity index (χ2n) is 7.41. The fraction of sp³-hybridized carbons (Fsp3) is 0.556. The Hall–Kier alpha value is -2.44. The van der Waals surface area contributed by atoms with Gasteiger partial charge in [0, 0.05) is 23.5 Å². The van der Waals surface area contributed by atoms with Crippen molar-refractivity contribution in [2.24, 2.45) is 5.73 Å². The molecule has 1 aromatic carbocycles. The lowest BCUT2D eigenvalue weighted by Crippen LogP contribution is -2.42. The lowest BCUT2D eigenvalue weighted by molar-refractivity contribution is 0.0492. The summed E-state index contributed by atoms with van der Waals surface area (Å²) in [4.78, 5) is 22.6. The number of alkyl carbamates (subject to hydrolysis) is 1. The molecule has 3 amide bonds. The minimum Gasteiger partial charge on any atom is -0.444 e. The Morgan fingerprint density at radius 1 is 1.00 bits per heavy atom. The van der Waals surface area contributed by atoms with Crippen LogP contribution < -0.4 is 21.7 Å². The number of hydrogen-bond acceptors (Lipinski definition) is 4. The van der Waals surface area contributed by atoms with Gasteiger partial charge in [0.15, 0.2) is 0 Å². The predicted octanol–water partition coefficient (Wildman–Crippen LogP) is 3.43. The van der Waals surface area contributed by atoms with Gasteiger partial charge in [0.05, 0.1) is 0 Å². The Balaban J connectivity index is 1.75. The van der Waals surface area contributed by atoms with Crippen LogP contribution in [0.2, 0.25) is 0 Å². The molecule has 0 radical (unpaired) electrons. The Labute approximate surface area is 148 Å². The van der Waals surface area contributed by atoms with Gasteiger partial charge in [-0.2, -0.15) is 0 Å². The Kier molecular flexibility index (Phi) is 6.12. The summed E-state index contributed by atoms with van der Waals surface area (Å²) < 4.78 is 5.30. The van der Waals surface area contributed by atoms with E-state index in [1.165, 1.54) is 0 Å². The van der Waals surface area contributed by atoms with Crippen LogP contribution in [0.15, 0.2) is 24.3 Å². The molecule has 0 bridgehead atoms. The van der Waals surface area contributed by atoms with Crippen LogP contribution in [0.4, 0.5) is 21.0 Å². The third-order valence-electron chi connectivity index (χ3n) is 3.97. The maximum absolute atomic E-state index is 11.8. The van der Waals surface area contributed by atoms with Gasteiger partial charge in [0.25, 0.3) is 0 Å². The second-order valence-corrected chi connectivity index (χ2v) is 7.41. The van der Waals surface area contributed by atoms with E-state index in [0.29, 0.717) is 11.7 Å². The van der Waals surface area contributed by atoms with Crippen LogP contribution in [-0.4, -0.2) is 29.8 Å². The molecule has 1 aliphatic carbocycles. The highest BCUT2D eigenvalue weighted by atomic mass is 16.6. The maximum Gasteiger partial charge on any atom is 0.407 e. The van der Waals surface area contributed by atoms with Crippen LogP contribution in [0.3, 0.4) is 0 Å². The first-order chi connectivity index (χ1) is 11.7. The smallest absolute Gasteiger partial charge is 0.407 e. The van der Waals surface area contributed by atoms with Gasteiger partial charge in [-0.15, -0.1) is 0 Å². The van der Waals surface area contributed by atoms with Gasteiger partial charge in [-0.3, -0.25) is 0 Å². The van der Waals surface area contributed by atoms with Crippen LogP contribution in [0.1, 0.15) is 46.5 Å². The van der Waals surface area contributed by atoms with Crippen LogP contribution in [-0.2, 0) is 4.74 Å². The van der Waals surface area contributed by atoms with Crippen LogP contribution in [0.5, 0.6) is 0 Å². The van der Waals surface area contributed by atoms with Gasteiger partial charge < -0.3 is 26.4 Å². The Morgan fingerprint density at radius 3 is 2.04 bits per heavy atom. The van der Waals surface area contributed by atoms with Crippen molar-refractivity contribution in [2.45, 2.75) is 64.1 Å². The largest absolute Gasteiger partial charge is 0.444 e. The molecular weight excluding hydrogens is 320 g/mol. The topological polar surface area (TPSA) is 105 Å². The fourth-order valence-corrected chi connectivity index (χ4v) is 2.88. The Bertz CT molecular complexity index is 587. The van der Waals surface area contributed by atoms with E-state index in [1.807, 2.05) is 45.0 Å². The van der Waals surface area contributed by atoms with Gasteiger partial charge in [0.2, 0.25) is 0 Å². The molecule has 0 unspecified atom stereocenters. The zero-order valence-corrected chi connectivity index (χ0v) is 15.1. The van der Waals surface area contributed by atoms with Crippen molar-refractivity contribution in [1.82, 2.24) is 5.32 Å². The van der Waals surface area contributed by atoms with Crippen LogP contribution in [0.25, 0.3) is 0 Å². The first kappa shape index (κ1) is 18.9. The number of amides is 3. The summed E-state index contributed by atoms with van der Waals surface area (Å²) in [7, 11) is 0. The number of rotatable bonds is 4. The minimum atomic E-state index is -0.573. The Morgan fingerprint density at radius 2 is 1.52 bits per heavy atom. The zero-order chi connectivity index (χ0) is 18.4. The molecule has 1 saturated carbocycles. The highest BCUT2D eigenvalue weighted by Gasteiger charge is 2.24. The summed E-state index contributed by atoms with van der Waals surface area (Å²) >= 11 is 0. The molecule has 0 saturated heterocycles. The second kappa shape index (κ2) is 8.09. The SMILES string of the molecule is CC(C)(C)OC(=O)NC1CCC(Nc2ccc(NC(N)=O)cc2)CC1. The van der Waals surface area contributed by atoms with Crippen molar-refractivity contribution in [3.63, 3.8) is 0 Å². The number of nitrogens with two attached hydrogens (primary N) is 1. The number of carbonyl (C=O) groups is 2. The zero-order valence-electron chi connectivity index (χ0n) is 15.1. The molecule has 0 aromatic heterocycles. The summed E-state index contributed by atoms with van der Waals surface area (Å²) in [6.45, 7) is 5.58. The molecule has 138 valence electrons. The van der Waals surface area contributed by atoms with Crippen molar-refractivity contribution < 1.29 is 14.3 Å². The molecule has 0 aliphatic heterocycles. The maximum atomic E-state index is 11.8. The minimum absolute atomic E-state index is 0.162. The number of nitrogens with one attached hydrogen (secondary N) is 3. The molecule has 25 heavy (non-hydrogen) atoms. The molecule has 2 rings (SSSR count). The summed E-state index contributed by atoms with van der Waals surface area (Å²) in [6.07, 6.45) is 3.43. The average Bonchev–Trinajstić information content (AvgIpc) is 2.49. The lowest BCUT2D eigenvalue weighted by atomic mass is 9.91. The third kappa shape index (κ3) is 6.91. The molecule has 1 aliphatic rings. The van der Waals surface area contributed by atoms with Crippen molar-refractivity contribution >= 4 is 23.5 Å². The molecule has 0 heterocycles. The van der Waals surface area contributed by atoms with E-state index in [1.54, 1.807) is 0 Å². The van der Waals surface area contributed by atoms with E-state index in [2.05, 4.69) is 16.0 Å². The summed E-state index contributed by atoms with van der Waals surface area (Å²) in [5.41, 5.74) is 6.28. The number of anilines is 2. The highest BCUT2D eigenvalue weighted by Crippen LogP contribution is 2.23. The summed E-state index contributed by atoms with van der Waals surface area (Å²) in [5, 5.41) is 8.96. The number of benzene rings is 1. The van der Waals surface area contributed by atoms with E-state index in [0.717, 1.165) is 31.4 Å². The molecule has 1 fully saturated rings. The van der Waals surface area contributed by atoms with Crippen LogP contribution >= 0.6 is 0 Å². The van der Waals surface area contributed by atoms with Crippen molar-refractivity contribution in [3.05, 3.63) is 24.3 Å². The number of primary amides is 1. The standard InChI is InChI=1S/C18H28N4O3/c1-18(2,3)25-17(24)22-15-10-6-13(7-11-15)20-12-4-8-14(9-5-12)21-16(19)23/h4-5,8-9,13,15,20H,6-7,10-11H2,1-3H3,(H,22,24)(H3,19,21,23). The van der Waals surface area contributed by atoms with E-state index in [-0.39, 0.29) is 12.1 Å². The van der Waals surface area contributed by atoms with E-state index >= 15 is 0 Å². The molecular formula is C18H28N4O3. The molecule has 7 nitrogen and oxygen atoms in total. The first-order valence-corrected chi connectivity index (χ1v) is 8.64. The van der Waals surface area contributed by atoms with Gasteiger partial charge in [0.1, 0.15) is 5.60 Å². The first-order valence-electron chi connectivity index (χ1n) is 8.64. The van der Waals surface area contributed by atoms with Gasteiger partial charge in [-0.25, -0.2) is 9.59 Å². The van der Waals surface area contributed by atoms with E-state index in [4.69, 9.17) is 10.5 Å². The molecule has 1 aromatic rings. The number of ether oxygens (including phenoxy) is 1. The number of urea groups is 1. The summed E-state index contributed by atoms with van der Waals surface area (Å²) in [5.74, 6) is 0. The van der Waals surface area contributed by atoms with Gasteiger partial charge in [-0.05, 0) is 70.7 Å². The normalized spacial score (nSPS) is 20.4. The predicted molar refractivity (Wildman–Crippen MR) is 98.7 cm³/mol. The van der Waals surface area contributed by atoms with Gasteiger partial charge in [-0.1, -0.05) is 0 Å². The highest BCUT2D eigenvalue weighted by molar-refractivity contribution is 5.87. The monoisotopic (exact) mass is 348 g/mol. The van der Waals surface area contributed by atoms with E-state index < -0.39 is 11.6 Å². The quantitative estimate of drug-likeness (QED) is 0.669. The van der Waals surface area contributed by atoms with E-state index in [9.17, 15) is 9.59 Å². The average molecular weight is 348 g/mol. The van der Waals surface area contributed by atoms with Crippen LogP contribution in [0, 0.1) is 0 Å². The van der Waals surface area contributed by atoms with Crippen molar-refractivity contribution in [1.29, 1.82) is 0 Å². The molecule has 0 spiro atoms. The molecule has 5 N–H and O–H groups in total.